The van der Waals surface area contributed by atoms with E-state index in [2.05, 4.69) is 21.8 Å². The molecule has 3 aromatic rings. The second-order valence-corrected chi connectivity index (χ2v) is 8.17. The molecule has 34 heavy (non-hydrogen) atoms. The molecule has 1 heterocycles. The van der Waals surface area contributed by atoms with Crippen molar-refractivity contribution in [1.29, 1.82) is 0 Å². The highest BCUT2D eigenvalue weighted by molar-refractivity contribution is 5.33. The number of halogens is 1. The maximum absolute atomic E-state index is 14.6. The van der Waals surface area contributed by atoms with Crippen molar-refractivity contribution in [2.75, 3.05) is 7.11 Å². The van der Waals surface area contributed by atoms with Crippen LogP contribution in [0.4, 0.5) is 4.39 Å². The van der Waals surface area contributed by atoms with Crippen molar-refractivity contribution < 1.29 is 19.0 Å². The third-order valence-electron chi connectivity index (χ3n) is 5.61. The number of nitrogens with zero attached hydrogens (tertiary/aromatic N) is 2. The smallest absolute Gasteiger partial charge is 0.218 e. The summed E-state index contributed by atoms with van der Waals surface area (Å²) in [6.07, 6.45) is 1.13. The quantitative estimate of drug-likeness (QED) is 0.433. The Balaban J connectivity index is 1.63. The number of methoxy groups -OCH3 is 1. The van der Waals surface area contributed by atoms with Gasteiger partial charge in [0.25, 0.3) is 0 Å². The Bertz CT molecular complexity index is 1150. The molecule has 2 unspecified atom stereocenters. The normalized spacial score (nSPS) is 12.4. The van der Waals surface area contributed by atoms with Crippen LogP contribution in [0.2, 0.25) is 0 Å². The molecule has 0 saturated carbocycles. The van der Waals surface area contributed by atoms with Gasteiger partial charge in [0.15, 0.2) is 0 Å². The summed E-state index contributed by atoms with van der Waals surface area (Å²) in [5.41, 5.74) is 3.02. The molecule has 0 amide bonds. The van der Waals surface area contributed by atoms with E-state index in [9.17, 15) is 9.50 Å². The number of ether oxygens (including phenoxy) is 2. The SMILES string of the molecule is CCc1ccc(C(CCC#Cc2cc(OCc3ccc(OC)cc3)nc(C)n2)C(C)O)c(F)c1. The lowest BCUT2D eigenvalue weighted by molar-refractivity contribution is 0.156. The fourth-order valence-corrected chi connectivity index (χ4v) is 3.69. The molecule has 0 aliphatic heterocycles. The third kappa shape index (κ3) is 7.03. The van der Waals surface area contributed by atoms with Crippen LogP contribution >= 0.6 is 0 Å². The topological polar surface area (TPSA) is 64.5 Å². The van der Waals surface area contributed by atoms with E-state index in [1.54, 1.807) is 39.2 Å². The summed E-state index contributed by atoms with van der Waals surface area (Å²) in [6.45, 7) is 5.83. The molecular formula is C28H31FN2O3. The second kappa shape index (κ2) is 12.2. The molecule has 6 heteroatoms. The number of hydrogen-bond donors (Lipinski definition) is 1. The van der Waals surface area contributed by atoms with Gasteiger partial charge >= 0.3 is 0 Å². The molecule has 0 bridgehead atoms. The number of rotatable bonds is 9. The van der Waals surface area contributed by atoms with Crippen LogP contribution in [0.3, 0.4) is 0 Å². The van der Waals surface area contributed by atoms with Gasteiger partial charge in [-0.25, -0.2) is 9.37 Å². The van der Waals surface area contributed by atoms with Gasteiger partial charge in [0.2, 0.25) is 5.88 Å². The monoisotopic (exact) mass is 462 g/mol. The number of aliphatic hydroxyl groups excluding tert-OH is 1. The minimum Gasteiger partial charge on any atom is -0.497 e. The van der Waals surface area contributed by atoms with E-state index in [4.69, 9.17) is 9.47 Å². The van der Waals surface area contributed by atoms with Crippen molar-refractivity contribution in [3.05, 3.63) is 82.6 Å². The van der Waals surface area contributed by atoms with Crippen LogP contribution in [-0.4, -0.2) is 28.3 Å². The maximum Gasteiger partial charge on any atom is 0.218 e. The van der Waals surface area contributed by atoms with Crippen LogP contribution in [0.5, 0.6) is 11.6 Å². The Kier molecular flexibility index (Phi) is 9.00. The zero-order valence-corrected chi connectivity index (χ0v) is 20.1. The average molecular weight is 463 g/mol. The maximum atomic E-state index is 14.6. The minimum atomic E-state index is -0.678. The van der Waals surface area contributed by atoms with Crippen LogP contribution in [0.15, 0.2) is 48.5 Å². The second-order valence-electron chi connectivity index (χ2n) is 8.17. The van der Waals surface area contributed by atoms with E-state index >= 15 is 0 Å². The fourth-order valence-electron chi connectivity index (χ4n) is 3.69. The highest BCUT2D eigenvalue weighted by Gasteiger charge is 2.20. The van der Waals surface area contributed by atoms with E-state index in [0.717, 1.165) is 23.3 Å². The standard InChI is InChI=1S/C28H31FN2O3/c1-5-21-12-15-26(27(29)16-21)25(19(2)32)9-7-6-8-23-17-28(31-20(3)30-23)34-18-22-10-13-24(33-4)14-11-22/h10-17,19,25,32H,5,7,9,18H2,1-4H3. The molecule has 2 aromatic carbocycles. The Labute approximate surface area is 201 Å². The first kappa shape index (κ1) is 25.2. The average Bonchev–Trinajstić information content (AvgIpc) is 2.83. The van der Waals surface area contributed by atoms with E-state index in [-0.39, 0.29) is 11.7 Å². The molecule has 0 aliphatic rings. The largest absolute Gasteiger partial charge is 0.497 e. The third-order valence-corrected chi connectivity index (χ3v) is 5.61. The zero-order valence-electron chi connectivity index (χ0n) is 20.1. The van der Waals surface area contributed by atoms with Crippen LogP contribution in [-0.2, 0) is 13.0 Å². The molecule has 0 spiro atoms. The zero-order chi connectivity index (χ0) is 24.5. The summed E-state index contributed by atoms with van der Waals surface area (Å²) in [6, 6.07) is 14.6. The molecule has 0 fully saturated rings. The Hall–Kier alpha value is -3.43. The highest BCUT2D eigenvalue weighted by Crippen LogP contribution is 2.28. The van der Waals surface area contributed by atoms with Gasteiger partial charge < -0.3 is 14.6 Å². The predicted molar refractivity (Wildman–Crippen MR) is 130 cm³/mol. The summed E-state index contributed by atoms with van der Waals surface area (Å²) in [4.78, 5) is 8.69. The van der Waals surface area contributed by atoms with Crippen molar-refractivity contribution in [3.8, 4) is 23.5 Å². The lowest BCUT2D eigenvalue weighted by Crippen LogP contribution is -2.16. The summed E-state index contributed by atoms with van der Waals surface area (Å²) in [5, 5.41) is 10.2. The van der Waals surface area contributed by atoms with E-state index in [0.29, 0.717) is 42.4 Å². The van der Waals surface area contributed by atoms with Crippen LogP contribution in [0.1, 0.15) is 60.8 Å². The summed E-state index contributed by atoms with van der Waals surface area (Å²) < 4.78 is 25.5. The van der Waals surface area contributed by atoms with Crippen molar-refractivity contribution in [2.24, 2.45) is 0 Å². The summed E-state index contributed by atoms with van der Waals surface area (Å²) in [5.74, 6) is 7.35. The van der Waals surface area contributed by atoms with Crippen molar-refractivity contribution >= 4 is 0 Å². The number of aromatic nitrogens is 2. The molecule has 5 nitrogen and oxygen atoms in total. The van der Waals surface area contributed by atoms with Gasteiger partial charge in [-0.2, -0.15) is 4.98 Å². The Morgan fingerprint density at radius 2 is 1.79 bits per heavy atom. The van der Waals surface area contributed by atoms with E-state index < -0.39 is 6.10 Å². The van der Waals surface area contributed by atoms with E-state index in [1.807, 2.05) is 37.3 Å². The van der Waals surface area contributed by atoms with Gasteiger partial charge in [0, 0.05) is 18.4 Å². The molecule has 3 rings (SSSR count). The Morgan fingerprint density at radius 3 is 2.44 bits per heavy atom. The molecule has 178 valence electrons. The van der Waals surface area contributed by atoms with Crippen molar-refractivity contribution in [2.45, 2.75) is 58.7 Å². The summed E-state index contributed by atoms with van der Waals surface area (Å²) >= 11 is 0. The lowest BCUT2D eigenvalue weighted by atomic mass is 9.88. The highest BCUT2D eigenvalue weighted by atomic mass is 19.1. The van der Waals surface area contributed by atoms with Crippen LogP contribution < -0.4 is 9.47 Å². The van der Waals surface area contributed by atoms with Gasteiger partial charge in [-0.1, -0.05) is 37.1 Å². The van der Waals surface area contributed by atoms with Crippen LogP contribution in [0, 0.1) is 24.6 Å². The number of benzene rings is 2. The van der Waals surface area contributed by atoms with Gasteiger partial charge in [0.05, 0.1) is 13.2 Å². The van der Waals surface area contributed by atoms with E-state index in [1.165, 1.54) is 0 Å². The first-order valence-electron chi connectivity index (χ1n) is 11.5. The van der Waals surface area contributed by atoms with Crippen LogP contribution in [0.25, 0.3) is 0 Å². The molecule has 1 N–H and O–H groups in total. The van der Waals surface area contributed by atoms with Gasteiger partial charge in [0.1, 0.15) is 29.7 Å². The first-order chi connectivity index (χ1) is 16.4. The lowest BCUT2D eigenvalue weighted by Gasteiger charge is -2.20. The molecule has 0 radical (unpaired) electrons. The molecule has 0 aliphatic carbocycles. The molecule has 1 aromatic heterocycles. The number of aryl methyl sites for hydroxylation is 2. The summed E-state index contributed by atoms with van der Waals surface area (Å²) in [7, 11) is 1.63. The van der Waals surface area contributed by atoms with Crippen molar-refractivity contribution in [3.63, 3.8) is 0 Å². The van der Waals surface area contributed by atoms with Gasteiger partial charge in [-0.15, -0.1) is 0 Å². The van der Waals surface area contributed by atoms with Gasteiger partial charge in [-0.3, -0.25) is 0 Å². The fraction of sp³-hybridized carbons (Fsp3) is 0.357. The minimum absolute atomic E-state index is 0.275. The molecule has 2 atom stereocenters. The molecular weight excluding hydrogens is 431 g/mol. The first-order valence-corrected chi connectivity index (χ1v) is 11.5. The van der Waals surface area contributed by atoms with Crippen molar-refractivity contribution in [1.82, 2.24) is 9.97 Å². The molecule has 0 saturated heterocycles. The van der Waals surface area contributed by atoms with Gasteiger partial charge in [-0.05, 0) is 67.5 Å². The predicted octanol–water partition coefficient (Wildman–Crippen LogP) is 5.37. The Morgan fingerprint density at radius 1 is 1.06 bits per heavy atom. The number of hydrogen-bond acceptors (Lipinski definition) is 5. The number of aliphatic hydroxyl groups is 1.